The molecule has 0 aliphatic carbocycles. The van der Waals surface area contributed by atoms with E-state index in [0.29, 0.717) is 25.6 Å². The Hall–Kier alpha value is -2.60. The summed E-state index contributed by atoms with van der Waals surface area (Å²) >= 11 is 0. The van der Waals surface area contributed by atoms with Crippen LogP contribution >= 0.6 is 0 Å². The van der Waals surface area contributed by atoms with Crippen molar-refractivity contribution >= 4 is 5.91 Å². The molecule has 4 rings (SSSR count). The third kappa shape index (κ3) is 6.20. The number of aromatic nitrogens is 1. The lowest BCUT2D eigenvalue weighted by Crippen LogP contribution is -2.36. The molecule has 1 aromatic carbocycles. The molecule has 0 saturated carbocycles. The van der Waals surface area contributed by atoms with Gasteiger partial charge in [-0.05, 0) is 61.6 Å². The zero-order valence-electron chi connectivity index (χ0n) is 18.5. The van der Waals surface area contributed by atoms with Crippen molar-refractivity contribution in [3.05, 3.63) is 53.9 Å². The summed E-state index contributed by atoms with van der Waals surface area (Å²) in [6.45, 7) is 5.05. The van der Waals surface area contributed by atoms with Crippen LogP contribution in [0.4, 0.5) is 0 Å². The molecule has 166 valence electrons. The lowest BCUT2D eigenvalue weighted by Gasteiger charge is -2.33. The summed E-state index contributed by atoms with van der Waals surface area (Å²) in [5, 5.41) is 0. The Bertz CT molecular complexity index is 858. The Morgan fingerprint density at radius 1 is 1.19 bits per heavy atom. The molecule has 6 heteroatoms. The van der Waals surface area contributed by atoms with Gasteiger partial charge in [-0.15, -0.1) is 0 Å². The van der Waals surface area contributed by atoms with E-state index in [-0.39, 0.29) is 5.91 Å². The van der Waals surface area contributed by atoms with Crippen LogP contribution in [0, 0.1) is 5.92 Å². The molecule has 1 atom stereocenters. The van der Waals surface area contributed by atoms with Gasteiger partial charge in [0, 0.05) is 51.4 Å². The minimum atomic E-state index is 0.236. The van der Waals surface area contributed by atoms with Crippen molar-refractivity contribution in [2.75, 3.05) is 39.9 Å². The van der Waals surface area contributed by atoms with Gasteiger partial charge in [0.1, 0.15) is 13.2 Å². The van der Waals surface area contributed by atoms with E-state index in [1.165, 1.54) is 18.4 Å². The van der Waals surface area contributed by atoms with E-state index in [9.17, 15) is 4.79 Å². The zero-order valence-corrected chi connectivity index (χ0v) is 18.5. The summed E-state index contributed by atoms with van der Waals surface area (Å²) < 4.78 is 11.3. The van der Waals surface area contributed by atoms with Crippen molar-refractivity contribution in [1.82, 2.24) is 14.8 Å². The number of amides is 1. The van der Waals surface area contributed by atoms with E-state index >= 15 is 0 Å². The number of piperidine rings is 1. The maximum atomic E-state index is 12.6. The topological polar surface area (TPSA) is 54.9 Å². The number of benzene rings is 1. The van der Waals surface area contributed by atoms with Gasteiger partial charge in [-0.2, -0.15) is 0 Å². The fourth-order valence-corrected chi connectivity index (χ4v) is 4.45. The van der Waals surface area contributed by atoms with E-state index in [0.717, 1.165) is 56.2 Å². The number of nitrogens with zero attached hydrogens (tertiary/aromatic N) is 3. The zero-order chi connectivity index (χ0) is 21.5. The molecule has 0 bridgehead atoms. The quantitative estimate of drug-likeness (QED) is 0.650. The second-order valence-corrected chi connectivity index (χ2v) is 8.65. The highest BCUT2D eigenvalue weighted by atomic mass is 16.6. The second-order valence-electron chi connectivity index (χ2n) is 8.65. The highest BCUT2D eigenvalue weighted by Gasteiger charge is 2.22. The lowest BCUT2D eigenvalue weighted by molar-refractivity contribution is -0.130. The van der Waals surface area contributed by atoms with Crippen molar-refractivity contribution in [2.24, 2.45) is 5.92 Å². The second kappa shape index (κ2) is 10.6. The van der Waals surface area contributed by atoms with Crippen molar-refractivity contribution in [3.63, 3.8) is 0 Å². The summed E-state index contributed by atoms with van der Waals surface area (Å²) in [6, 6.07) is 12.2. The normalized spacial score (nSPS) is 18.5. The number of likely N-dealkylation sites (N-methyl/N-ethyl adjacent to an activating group) is 1. The van der Waals surface area contributed by atoms with Crippen LogP contribution in [0.2, 0.25) is 0 Å². The van der Waals surface area contributed by atoms with Gasteiger partial charge in [0.05, 0.1) is 0 Å². The van der Waals surface area contributed by atoms with Crippen LogP contribution < -0.4 is 9.47 Å². The number of pyridine rings is 1. The summed E-state index contributed by atoms with van der Waals surface area (Å²) in [5.41, 5.74) is 2.29. The van der Waals surface area contributed by atoms with Crippen molar-refractivity contribution < 1.29 is 14.3 Å². The minimum absolute atomic E-state index is 0.236. The summed E-state index contributed by atoms with van der Waals surface area (Å²) in [6.07, 6.45) is 6.60. The van der Waals surface area contributed by atoms with Gasteiger partial charge >= 0.3 is 0 Å². The van der Waals surface area contributed by atoms with Gasteiger partial charge in [-0.3, -0.25) is 14.7 Å². The monoisotopic (exact) mass is 423 g/mol. The van der Waals surface area contributed by atoms with Crippen LogP contribution in [0.3, 0.4) is 0 Å². The average Bonchev–Trinajstić information content (AvgIpc) is 2.82. The van der Waals surface area contributed by atoms with E-state index in [4.69, 9.17) is 9.47 Å². The van der Waals surface area contributed by atoms with Gasteiger partial charge in [0.2, 0.25) is 5.91 Å². The molecule has 0 unspecified atom stereocenters. The first-order valence-corrected chi connectivity index (χ1v) is 11.4. The predicted octanol–water partition coefficient (Wildman–Crippen LogP) is 3.55. The highest BCUT2D eigenvalue weighted by Crippen LogP contribution is 2.31. The number of hydrogen-bond donors (Lipinski definition) is 0. The largest absolute Gasteiger partial charge is 0.486 e. The smallest absolute Gasteiger partial charge is 0.222 e. The Labute approximate surface area is 185 Å². The van der Waals surface area contributed by atoms with Crippen LogP contribution in [0.15, 0.2) is 42.6 Å². The van der Waals surface area contributed by atoms with E-state index in [1.807, 2.05) is 36.2 Å². The molecule has 2 aromatic rings. The lowest BCUT2D eigenvalue weighted by atomic mass is 9.93. The SMILES string of the molecule is CN(CCc1ccccn1)C(=O)CC[C@@H]1CCCN(Cc2ccc3c(c2)OCCO3)C1. The maximum Gasteiger partial charge on any atom is 0.222 e. The predicted molar refractivity (Wildman–Crippen MR) is 120 cm³/mol. The fourth-order valence-electron chi connectivity index (χ4n) is 4.45. The molecule has 1 aromatic heterocycles. The number of carbonyl (C=O) groups is 1. The highest BCUT2D eigenvalue weighted by molar-refractivity contribution is 5.75. The van der Waals surface area contributed by atoms with Crippen LogP contribution in [0.1, 0.15) is 36.9 Å². The van der Waals surface area contributed by atoms with Crippen LogP contribution in [-0.2, 0) is 17.8 Å². The molecule has 2 aliphatic heterocycles. The van der Waals surface area contributed by atoms with E-state index in [2.05, 4.69) is 22.0 Å². The molecule has 1 saturated heterocycles. The summed E-state index contributed by atoms with van der Waals surface area (Å²) in [5.74, 6) is 2.52. The third-order valence-electron chi connectivity index (χ3n) is 6.24. The van der Waals surface area contributed by atoms with Gasteiger partial charge in [-0.1, -0.05) is 12.1 Å². The van der Waals surface area contributed by atoms with Crippen LogP contribution in [-0.4, -0.2) is 60.6 Å². The van der Waals surface area contributed by atoms with Crippen molar-refractivity contribution in [2.45, 2.75) is 38.6 Å². The molecule has 2 aliphatic rings. The molecular weight excluding hydrogens is 390 g/mol. The number of rotatable bonds is 8. The Morgan fingerprint density at radius 3 is 2.90 bits per heavy atom. The van der Waals surface area contributed by atoms with E-state index < -0.39 is 0 Å². The molecule has 3 heterocycles. The molecule has 0 radical (unpaired) electrons. The molecule has 1 fully saturated rings. The number of fused-ring (bicyclic) bond motifs is 1. The van der Waals surface area contributed by atoms with Gasteiger partial charge in [0.25, 0.3) is 0 Å². The maximum absolute atomic E-state index is 12.6. The van der Waals surface area contributed by atoms with Crippen LogP contribution in [0.25, 0.3) is 0 Å². The Balaban J connectivity index is 1.21. The molecule has 0 N–H and O–H groups in total. The standard InChI is InChI=1S/C25H33N3O3/c1-27(14-11-22-6-2-3-12-26-22)25(29)10-8-20-5-4-13-28(18-20)19-21-7-9-23-24(17-21)31-16-15-30-23/h2-3,6-7,9,12,17,20H,4-5,8,10-11,13-16,18-19H2,1H3/t20-/m0/s1. The van der Waals surface area contributed by atoms with Crippen LogP contribution in [0.5, 0.6) is 11.5 Å². The molecule has 1 amide bonds. The molecule has 6 nitrogen and oxygen atoms in total. The number of likely N-dealkylation sites (tertiary alicyclic amines) is 1. The minimum Gasteiger partial charge on any atom is -0.486 e. The van der Waals surface area contributed by atoms with Gasteiger partial charge in [0.15, 0.2) is 11.5 Å². The molecule has 0 spiro atoms. The summed E-state index contributed by atoms with van der Waals surface area (Å²) in [7, 11) is 1.90. The van der Waals surface area contributed by atoms with Gasteiger partial charge in [-0.25, -0.2) is 0 Å². The van der Waals surface area contributed by atoms with Crippen molar-refractivity contribution in [1.29, 1.82) is 0 Å². The average molecular weight is 424 g/mol. The fraction of sp³-hybridized carbons (Fsp3) is 0.520. The molecular formula is C25H33N3O3. The van der Waals surface area contributed by atoms with Gasteiger partial charge < -0.3 is 14.4 Å². The third-order valence-corrected chi connectivity index (χ3v) is 6.24. The number of hydrogen-bond acceptors (Lipinski definition) is 5. The Morgan fingerprint density at radius 2 is 2.06 bits per heavy atom. The Kier molecular flexibility index (Phi) is 7.41. The first-order valence-electron chi connectivity index (χ1n) is 11.4. The number of carbonyl (C=O) groups excluding carboxylic acids is 1. The van der Waals surface area contributed by atoms with E-state index in [1.54, 1.807) is 6.20 Å². The summed E-state index contributed by atoms with van der Waals surface area (Å²) in [4.78, 5) is 21.3. The first-order chi connectivity index (χ1) is 15.2. The van der Waals surface area contributed by atoms with Crippen molar-refractivity contribution in [3.8, 4) is 11.5 Å². The molecule has 31 heavy (non-hydrogen) atoms. The number of ether oxygens (including phenoxy) is 2. The first kappa shape index (κ1) is 21.6.